The monoisotopic (exact) mass is 160 g/mol. The predicted molar refractivity (Wildman–Crippen MR) is 45.9 cm³/mol. The van der Waals surface area contributed by atoms with Crippen LogP contribution in [0.1, 0.15) is 20.3 Å². The van der Waals surface area contributed by atoms with Crippen LogP contribution in [0, 0.1) is 0 Å². The highest BCUT2D eigenvalue weighted by Crippen LogP contribution is 2.11. The van der Waals surface area contributed by atoms with Gasteiger partial charge in [0, 0.05) is 6.42 Å². The highest BCUT2D eigenvalue weighted by Gasteiger charge is 2.14. The van der Waals surface area contributed by atoms with Crippen molar-refractivity contribution in [3.8, 4) is 0 Å². The van der Waals surface area contributed by atoms with Crippen molar-refractivity contribution in [3.63, 3.8) is 0 Å². The maximum Gasteiger partial charge on any atom is 0.146 e. The van der Waals surface area contributed by atoms with E-state index in [1.54, 1.807) is 0 Å². The van der Waals surface area contributed by atoms with E-state index in [4.69, 9.17) is 9.16 Å². The molecule has 2 nitrogen and oxygen atoms in total. The summed E-state index contributed by atoms with van der Waals surface area (Å²) in [6, 6.07) is 0. The second-order valence-electron chi connectivity index (χ2n) is 2.75. The van der Waals surface area contributed by atoms with Crippen molar-refractivity contribution in [1.82, 2.24) is 0 Å². The van der Waals surface area contributed by atoms with E-state index in [0.29, 0.717) is 6.61 Å². The number of hydrogen-bond donors (Lipinski definition) is 0. The largest absolute Gasteiger partial charge is 0.502 e. The standard InChI is InChI=1S/C7H16O2Si/c1-4-8-6-5-7(2,3)9-10/h4H,1,5-6H2,2-3,10H3. The number of ether oxygens (including phenoxy) is 1. The van der Waals surface area contributed by atoms with Gasteiger partial charge in [0.05, 0.1) is 18.5 Å². The van der Waals surface area contributed by atoms with Crippen LogP contribution in [-0.4, -0.2) is 22.7 Å². The fraction of sp³-hybridized carbons (Fsp3) is 0.714. The van der Waals surface area contributed by atoms with Crippen LogP contribution in [0.3, 0.4) is 0 Å². The van der Waals surface area contributed by atoms with E-state index in [1.165, 1.54) is 6.26 Å². The molecule has 0 radical (unpaired) electrons. The molecule has 60 valence electrons. The Balaban J connectivity index is 3.36. The third-order valence-electron chi connectivity index (χ3n) is 1.49. The summed E-state index contributed by atoms with van der Waals surface area (Å²) in [5.74, 6) is 0. The van der Waals surface area contributed by atoms with Crippen molar-refractivity contribution in [1.29, 1.82) is 0 Å². The molecule has 0 aromatic rings. The lowest BCUT2D eigenvalue weighted by Gasteiger charge is -2.22. The van der Waals surface area contributed by atoms with E-state index >= 15 is 0 Å². The molecule has 0 aliphatic carbocycles. The summed E-state index contributed by atoms with van der Waals surface area (Å²) in [6.07, 6.45) is 2.38. The van der Waals surface area contributed by atoms with Crippen LogP contribution in [0.25, 0.3) is 0 Å². The molecule has 0 aliphatic rings. The maximum absolute atomic E-state index is 5.31. The molecular formula is C7H16O2Si. The van der Waals surface area contributed by atoms with Crippen molar-refractivity contribution in [2.24, 2.45) is 0 Å². The zero-order valence-corrected chi connectivity index (χ0v) is 9.02. The minimum absolute atomic E-state index is 0.0186. The van der Waals surface area contributed by atoms with Gasteiger partial charge in [-0.3, -0.25) is 0 Å². The van der Waals surface area contributed by atoms with Gasteiger partial charge in [0.2, 0.25) is 0 Å². The zero-order valence-electron chi connectivity index (χ0n) is 7.02. The summed E-state index contributed by atoms with van der Waals surface area (Å²) in [6.45, 7) is 8.27. The van der Waals surface area contributed by atoms with Gasteiger partial charge < -0.3 is 9.16 Å². The molecule has 0 spiro atoms. The van der Waals surface area contributed by atoms with Gasteiger partial charge >= 0.3 is 0 Å². The van der Waals surface area contributed by atoms with E-state index in [0.717, 1.165) is 16.9 Å². The number of rotatable bonds is 5. The summed E-state index contributed by atoms with van der Waals surface area (Å²) in [7, 11) is 0.784. The van der Waals surface area contributed by atoms with Crippen LogP contribution in [0.5, 0.6) is 0 Å². The molecule has 0 heterocycles. The molecule has 0 aromatic carbocycles. The SMILES string of the molecule is C=COCCC(C)(C)O[SiH3]. The average Bonchev–Trinajstić information content (AvgIpc) is 1.89. The second kappa shape index (κ2) is 4.52. The Morgan fingerprint density at radius 1 is 1.60 bits per heavy atom. The molecule has 10 heavy (non-hydrogen) atoms. The van der Waals surface area contributed by atoms with E-state index in [2.05, 4.69) is 20.4 Å². The lowest BCUT2D eigenvalue weighted by atomic mass is 10.1. The van der Waals surface area contributed by atoms with E-state index in [-0.39, 0.29) is 5.60 Å². The Morgan fingerprint density at radius 2 is 2.20 bits per heavy atom. The Morgan fingerprint density at radius 3 is 2.60 bits per heavy atom. The summed E-state index contributed by atoms with van der Waals surface area (Å²) in [5, 5.41) is 0. The topological polar surface area (TPSA) is 18.5 Å². The van der Waals surface area contributed by atoms with Crippen LogP contribution < -0.4 is 0 Å². The summed E-state index contributed by atoms with van der Waals surface area (Å²) < 4.78 is 10.3. The molecule has 0 aromatic heterocycles. The molecule has 0 N–H and O–H groups in total. The molecule has 0 saturated heterocycles. The molecule has 3 heteroatoms. The minimum atomic E-state index is -0.0186. The van der Waals surface area contributed by atoms with E-state index in [1.807, 2.05) is 0 Å². The van der Waals surface area contributed by atoms with Gasteiger partial charge in [-0.25, -0.2) is 0 Å². The summed E-state index contributed by atoms with van der Waals surface area (Å²) >= 11 is 0. The van der Waals surface area contributed by atoms with Gasteiger partial charge in [-0.05, 0) is 13.8 Å². The molecule has 0 saturated carbocycles. The Labute approximate surface area is 65.8 Å². The zero-order chi connectivity index (χ0) is 8.04. The van der Waals surface area contributed by atoms with Crippen molar-refractivity contribution in [3.05, 3.63) is 12.8 Å². The Kier molecular flexibility index (Phi) is 4.39. The van der Waals surface area contributed by atoms with Gasteiger partial charge in [-0.2, -0.15) is 0 Å². The smallest absolute Gasteiger partial charge is 0.146 e. The third kappa shape index (κ3) is 4.58. The van der Waals surface area contributed by atoms with E-state index < -0.39 is 0 Å². The quantitative estimate of drug-likeness (QED) is 0.333. The first-order valence-electron chi connectivity index (χ1n) is 3.40. The minimum Gasteiger partial charge on any atom is -0.502 e. The normalized spacial score (nSPS) is 11.4. The highest BCUT2D eigenvalue weighted by atomic mass is 28.2. The molecule has 0 atom stereocenters. The molecule has 0 unspecified atom stereocenters. The first-order chi connectivity index (χ1) is 4.62. The van der Waals surface area contributed by atoms with Gasteiger partial charge in [-0.1, -0.05) is 6.58 Å². The van der Waals surface area contributed by atoms with Crippen LogP contribution >= 0.6 is 0 Å². The second-order valence-corrected chi connectivity index (χ2v) is 3.16. The Hall–Kier alpha value is -0.283. The van der Waals surface area contributed by atoms with Crippen LogP contribution in [0.4, 0.5) is 0 Å². The fourth-order valence-corrected chi connectivity index (χ4v) is 0.694. The maximum atomic E-state index is 5.31. The lowest BCUT2D eigenvalue weighted by molar-refractivity contribution is 0.0819. The molecule has 0 aliphatic heterocycles. The van der Waals surface area contributed by atoms with Crippen molar-refractivity contribution >= 4 is 10.5 Å². The first-order valence-corrected chi connectivity index (χ1v) is 4.22. The van der Waals surface area contributed by atoms with Gasteiger partial charge in [0.25, 0.3) is 0 Å². The van der Waals surface area contributed by atoms with Crippen LogP contribution in [0.15, 0.2) is 12.8 Å². The molecular weight excluding hydrogens is 144 g/mol. The molecule has 0 bridgehead atoms. The predicted octanol–water partition coefficient (Wildman–Crippen LogP) is 0.612. The first kappa shape index (κ1) is 9.72. The summed E-state index contributed by atoms with van der Waals surface area (Å²) in [4.78, 5) is 0. The third-order valence-corrected chi connectivity index (χ3v) is 2.60. The van der Waals surface area contributed by atoms with Crippen molar-refractivity contribution in [2.45, 2.75) is 25.9 Å². The highest BCUT2D eigenvalue weighted by molar-refractivity contribution is 5.98. The Bertz CT molecular complexity index is 102. The van der Waals surface area contributed by atoms with Gasteiger partial charge in [-0.15, -0.1) is 0 Å². The van der Waals surface area contributed by atoms with Crippen LogP contribution in [-0.2, 0) is 9.16 Å². The van der Waals surface area contributed by atoms with Crippen molar-refractivity contribution in [2.75, 3.05) is 6.61 Å². The number of hydrogen-bond acceptors (Lipinski definition) is 2. The summed E-state index contributed by atoms with van der Waals surface area (Å²) in [5.41, 5.74) is -0.0186. The van der Waals surface area contributed by atoms with Gasteiger partial charge in [0.15, 0.2) is 0 Å². The van der Waals surface area contributed by atoms with E-state index in [9.17, 15) is 0 Å². The molecule has 0 rings (SSSR count). The van der Waals surface area contributed by atoms with Crippen LogP contribution in [0.2, 0.25) is 0 Å². The molecule has 0 fully saturated rings. The lowest BCUT2D eigenvalue weighted by Crippen LogP contribution is -2.24. The van der Waals surface area contributed by atoms with Crippen molar-refractivity contribution < 1.29 is 9.16 Å². The molecule has 0 amide bonds. The van der Waals surface area contributed by atoms with Gasteiger partial charge in [0.1, 0.15) is 10.5 Å². The average molecular weight is 160 g/mol. The fourth-order valence-electron chi connectivity index (χ4n) is 0.490.